The SMILES string of the molecule is O=C(N[C@H](CO)[C@H](O)c1ccc(Br)cc1)C(Cl)Cl. The molecule has 0 aromatic heterocycles. The molecule has 0 heterocycles. The van der Waals surface area contributed by atoms with Gasteiger partial charge in [-0.15, -0.1) is 0 Å². The van der Waals surface area contributed by atoms with E-state index in [0.29, 0.717) is 5.56 Å². The van der Waals surface area contributed by atoms with E-state index in [1.54, 1.807) is 24.3 Å². The zero-order valence-electron chi connectivity index (χ0n) is 9.19. The summed E-state index contributed by atoms with van der Waals surface area (Å²) in [6.07, 6.45) is -1.04. The average molecular weight is 357 g/mol. The zero-order valence-corrected chi connectivity index (χ0v) is 12.3. The maximum absolute atomic E-state index is 11.3. The van der Waals surface area contributed by atoms with Crippen LogP contribution in [0.25, 0.3) is 0 Å². The van der Waals surface area contributed by atoms with Crippen molar-refractivity contribution in [1.82, 2.24) is 5.32 Å². The summed E-state index contributed by atoms with van der Waals surface area (Å²) in [5.74, 6) is -0.659. The van der Waals surface area contributed by atoms with Crippen LogP contribution in [0.1, 0.15) is 11.7 Å². The number of benzene rings is 1. The van der Waals surface area contributed by atoms with Gasteiger partial charge in [0.2, 0.25) is 0 Å². The molecule has 0 spiro atoms. The van der Waals surface area contributed by atoms with E-state index in [4.69, 9.17) is 23.2 Å². The third kappa shape index (κ3) is 4.40. The minimum absolute atomic E-state index is 0.427. The summed E-state index contributed by atoms with van der Waals surface area (Å²) in [5.41, 5.74) is 0.568. The second-order valence-corrected chi connectivity index (χ2v) is 5.61. The highest BCUT2D eigenvalue weighted by Gasteiger charge is 2.24. The number of nitrogens with one attached hydrogen (secondary N) is 1. The fourth-order valence-electron chi connectivity index (χ4n) is 1.36. The first kappa shape index (κ1) is 15.7. The van der Waals surface area contributed by atoms with Gasteiger partial charge < -0.3 is 15.5 Å². The molecule has 0 aliphatic carbocycles. The van der Waals surface area contributed by atoms with E-state index in [-0.39, 0.29) is 0 Å². The van der Waals surface area contributed by atoms with Crippen LogP contribution >= 0.6 is 39.1 Å². The number of amides is 1. The number of rotatable bonds is 5. The Morgan fingerprint density at radius 3 is 2.33 bits per heavy atom. The number of alkyl halides is 2. The van der Waals surface area contributed by atoms with Gasteiger partial charge in [0, 0.05) is 4.47 Å². The average Bonchev–Trinajstić information content (AvgIpc) is 2.35. The molecule has 3 N–H and O–H groups in total. The van der Waals surface area contributed by atoms with Crippen LogP contribution in [0.15, 0.2) is 28.7 Å². The molecule has 18 heavy (non-hydrogen) atoms. The molecule has 4 nitrogen and oxygen atoms in total. The Bertz CT molecular complexity index is 400. The van der Waals surface area contributed by atoms with Crippen molar-refractivity contribution in [1.29, 1.82) is 0 Å². The second-order valence-electron chi connectivity index (χ2n) is 3.59. The van der Waals surface area contributed by atoms with Gasteiger partial charge in [0.05, 0.1) is 12.6 Å². The van der Waals surface area contributed by atoms with E-state index in [9.17, 15) is 15.0 Å². The van der Waals surface area contributed by atoms with Crippen LogP contribution in [0.5, 0.6) is 0 Å². The minimum atomic E-state index is -1.24. The van der Waals surface area contributed by atoms with Crippen molar-refractivity contribution in [3.05, 3.63) is 34.3 Å². The maximum atomic E-state index is 11.3. The van der Waals surface area contributed by atoms with Crippen LogP contribution in [-0.2, 0) is 4.79 Å². The van der Waals surface area contributed by atoms with E-state index < -0.39 is 29.5 Å². The van der Waals surface area contributed by atoms with Gasteiger partial charge in [0.25, 0.3) is 5.91 Å². The third-order valence-electron chi connectivity index (χ3n) is 2.32. The Morgan fingerprint density at radius 2 is 1.89 bits per heavy atom. The molecule has 0 saturated carbocycles. The maximum Gasteiger partial charge on any atom is 0.253 e. The first-order valence-corrected chi connectivity index (χ1v) is 6.75. The van der Waals surface area contributed by atoms with Crippen LogP contribution in [-0.4, -0.2) is 33.6 Å². The predicted molar refractivity (Wildman–Crippen MR) is 73.6 cm³/mol. The summed E-state index contributed by atoms with van der Waals surface area (Å²) in [5, 5.41) is 21.6. The summed E-state index contributed by atoms with van der Waals surface area (Å²) in [4.78, 5) is 10.1. The van der Waals surface area contributed by atoms with Crippen molar-refractivity contribution >= 4 is 45.0 Å². The lowest BCUT2D eigenvalue weighted by atomic mass is 10.0. The van der Waals surface area contributed by atoms with Crippen LogP contribution in [0, 0.1) is 0 Å². The smallest absolute Gasteiger partial charge is 0.253 e. The van der Waals surface area contributed by atoms with Crippen molar-refractivity contribution < 1.29 is 15.0 Å². The third-order valence-corrected chi connectivity index (χ3v) is 3.24. The van der Waals surface area contributed by atoms with E-state index in [2.05, 4.69) is 21.2 Å². The Hall–Kier alpha value is -0.330. The molecule has 0 bridgehead atoms. The Balaban J connectivity index is 2.75. The van der Waals surface area contributed by atoms with Crippen LogP contribution in [0.3, 0.4) is 0 Å². The summed E-state index contributed by atoms with van der Waals surface area (Å²) in [6.45, 7) is -0.427. The number of carbonyl (C=O) groups excluding carboxylic acids is 1. The van der Waals surface area contributed by atoms with Crippen LogP contribution in [0.4, 0.5) is 0 Å². The van der Waals surface area contributed by atoms with Crippen LogP contribution in [0.2, 0.25) is 0 Å². The van der Waals surface area contributed by atoms with Crippen molar-refractivity contribution in [2.75, 3.05) is 6.61 Å². The van der Waals surface area contributed by atoms with E-state index in [0.717, 1.165) is 4.47 Å². The molecule has 1 aromatic carbocycles. The van der Waals surface area contributed by atoms with E-state index in [1.807, 2.05) is 0 Å². The fourth-order valence-corrected chi connectivity index (χ4v) is 1.75. The van der Waals surface area contributed by atoms with Gasteiger partial charge in [-0.1, -0.05) is 51.3 Å². The lowest BCUT2D eigenvalue weighted by molar-refractivity contribution is -0.121. The highest BCUT2D eigenvalue weighted by atomic mass is 79.9. The highest BCUT2D eigenvalue weighted by Crippen LogP contribution is 2.20. The lowest BCUT2D eigenvalue weighted by Crippen LogP contribution is -2.44. The highest BCUT2D eigenvalue weighted by molar-refractivity contribution is 9.10. The standard InChI is InChI=1S/C11H12BrCl2NO3/c12-7-3-1-6(2-4-7)9(17)8(5-16)15-11(18)10(13)14/h1-4,8-10,16-17H,5H2,(H,15,18)/t8-,9-/m1/s1. The zero-order chi connectivity index (χ0) is 13.7. The first-order valence-electron chi connectivity index (χ1n) is 5.08. The molecule has 0 fully saturated rings. The molecule has 1 rings (SSSR count). The van der Waals surface area contributed by atoms with E-state index >= 15 is 0 Å². The van der Waals surface area contributed by atoms with Crippen molar-refractivity contribution in [3.63, 3.8) is 0 Å². The molecular weight excluding hydrogens is 345 g/mol. The monoisotopic (exact) mass is 355 g/mol. The molecule has 0 unspecified atom stereocenters. The fraction of sp³-hybridized carbons (Fsp3) is 0.364. The van der Waals surface area contributed by atoms with E-state index in [1.165, 1.54) is 0 Å². The Labute approximate surface area is 123 Å². The molecule has 0 saturated heterocycles. The summed E-state index contributed by atoms with van der Waals surface area (Å²) >= 11 is 14.0. The van der Waals surface area contributed by atoms with Gasteiger partial charge in [-0.2, -0.15) is 0 Å². The number of hydrogen-bond acceptors (Lipinski definition) is 3. The van der Waals surface area contributed by atoms with Gasteiger partial charge in [-0.3, -0.25) is 4.79 Å². The Morgan fingerprint density at radius 1 is 1.33 bits per heavy atom. The quantitative estimate of drug-likeness (QED) is 0.704. The van der Waals surface area contributed by atoms with Crippen molar-refractivity contribution in [2.24, 2.45) is 0 Å². The van der Waals surface area contributed by atoms with Gasteiger partial charge in [-0.05, 0) is 17.7 Å². The summed E-state index contributed by atoms with van der Waals surface area (Å²) in [6, 6.07) is 6.01. The lowest BCUT2D eigenvalue weighted by Gasteiger charge is -2.22. The number of aliphatic hydroxyl groups is 2. The van der Waals surface area contributed by atoms with Crippen LogP contribution < -0.4 is 5.32 Å². The molecule has 1 aromatic rings. The Kier molecular flexibility index (Phi) is 6.38. The molecule has 7 heteroatoms. The number of hydrogen-bond donors (Lipinski definition) is 3. The summed E-state index contributed by atoms with van der Waals surface area (Å²) < 4.78 is 0.865. The van der Waals surface area contributed by atoms with Gasteiger partial charge >= 0.3 is 0 Å². The number of halogens is 3. The number of aliphatic hydroxyl groups excluding tert-OH is 2. The molecule has 2 atom stereocenters. The molecule has 0 radical (unpaired) electrons. The van der Waals surface area contributed by atoms with Gasteiger partial charge in [-0.25, -0.2) is 0 Å². The second kappa shape index (κ2) is 7.31. The van der Waals surface area contributed by atoms with Crippen molar-refractivity contribution in [2.45, 2.75) is 17.0 Å². The molecule has 0 aliphatic heterocycles. The molecular formula is C11H12BrCl2NO3. The molecule has 0 aliphatic rings. The van der Waals surface area contributed by atoms with Gasteiger partial charge in [0.15, 0.2) is 4.84 Å². The topological polar surface area (TPSA) is 69.6 Å². The van der Waals surface area contributed by atoms with Crippen molar-refractivity contribution in [3.8, 4) is 0 Å². The first-order chi connectivity index (χ1) is 8.45. The molecule has 1 amide bonds. The largest absolute Gasteiger partial charge is 0.394 e. The normalized spacial score (nSPS) is 14.3. The molecule has 100 valence electrons. The summed E-state index contributed by atoms with van der Waals surface area (Å²) in [7, 11) is 0. The minimum Gasteiger partial charge on any atom is -0.394 e. The van der Waals surface area contributed by atoms with Gasteiger partial charge in [0.1, 0.15) is 6.10 Å². The predicted octanol–water partition coefficient (Wildman–Crippen LogP) is 1.76. The number of carbonyl (C=O) groups is 1.